The zero-order valence-corrected chi connectivity index (χ0v) is 21.2. The molecule has 35 heavy (non-hydrogen) atoms. The van der Waals surface area contributed by atoms with Gasteiger partial charge in [0.1, 0.15) is 11.9 Å². The molecule has 0 aromatic carbocycles. The summed E-state index contributed by atoms with van der Waals surface area (Å²) in [4.78, 5) is 23.8. The topological polar surface area (TPSA) is 88.0 Å². The third-order valence-electron chi connectivity index (χ3n) is 7.32. The Morgan fingerprint density at radius 1 is 1.20 bits per heavy atom. The number of nitrogens with zero attached hydrogens (tertiary/aromatic N) is 4. The largest absolute Gasteiger partial charge is 0.488 e. The van der Waals surface area contributed by atoms with Crippen LogP contribution < -0.4 is 19.3 Å². The van der Waals surface area contributed by atoms with Gasteiger partial charge in [0.2, 0.25) is 5.88 Å². The van der Waals surface area contributed by atoms with E-state index in [2.05, 4.69) is 28.7 Å². The van der Waals surface area contributed by atoms with E-state index < -0.39 is 11.8 Å². The highest BCUT2D eigenvalue weighted by Crippen LogP contribution is 2.37. The average molecular weight is 507 g/mol. The average Bonchev–Trinajstić information content (AvgIpc) is 3.08. The normalized spacial score (nSPS) is 26.6. The van der Waals surface area contributed by atoms with Crippen molar-refractivity contribution in [3.8, 4) is 11.6 Å². The van der Waals surface area contributed by atoms with Crippen molar-refractivity contribution < 1.29 is 23.8 Å². The maximum absolute atomic E-state index is 15.1. The number of rotatable bonds is 7. The number of carbonyl (C=O) groups is 1. The SMILES string of the molecule is COc1cc(N2CCC(Oc3cnc(N4C[C@H](C)[C@@H](C)[C@@H]4CC(=O)O)c(F)c3)C(C)C2)c(Cl)cn1. The minimum absolute atomic E-state index is 0.0473. The summed E-state index contributed by atoms with van der Waals surface area (Å²) in [7, 11) is 1.57. The van der Waals surface area contributed by atoms with Gasteiger partial charge in [-0.25, -0.2) is 14.4 Å². The van der Waals surface area contributed by atoms with Gasteiger partial charge in [0.05, 0.1) is 36.6 Å². The van der Waals surface area contributed by atoms with Gasteiger partial charge in [0, 0.05) is 50.1 Å². The van der Waals surface area contributed by atoms with Crippen molar-refractivity contribution >= 4 is 29.1 Å². The molecule has 2 fully saturated rings. The van der Waals surface area contributed by atoms with Crippen LogP contribution in [-0.2, 0) is 4.79 Å². The molecule has 5 atom stereocenters. The fourth-order valence-electron chi connectivity index (χ4n) is 5.14. The Morgan fingerprint density at radius 3 is 2.63 bits per heavy atom. The summed E-state index contributed by atoms with van der Waals surface area (Å²) < 4.78 is 26.5. The molecule has 2 aliphatic heterocycles. The van der Waals surface area contributed by atoms with Crippen molar-refractivity contribution in [2.45, 2.75) is 45.8 Å². The van der Waals surface area contributed by atoms with Crippen molar-refractivity contribution in [1.82, 2.24) is 9.97 Å². The number of anilines is 2. The molecule has 0 radical (unpaired) electrons. The molecule has 4 heterocycles. The second-order valence-corrected chi connectivity index (χ2v) is 10.1. The predicted molar refractivity (Wildman–Crippen MR) is 132 cm³/mol. The summed E-state index contributed by atoms with van der Waals surface area (Å²) in [5, 5.41) is 9.88. The van der Waals surface area contributed by atoms with E-state index in [0.29, 0.717) is 29.7 Å². The fraction of sp³-hybridized carbons (Fsp3) is 0.560. The number of methoxy groups -OCH3 is 1. The summed E-state index contributed by atoms with van der Waals surface area (Å²) >= 11 is 6.37. The molecule has 0 amide bonds. The Hall–Kier alpha value is -2.81. The molecule has 2 aromatic heterocycles. The summed E-state index contributed by atoms with van der Waals surface area (Å²) in [5.41, 5.74) is 0.867. The van der Waals surface area contributed by atoms with Gasteiger partial charge in [-0.2, -0.15) is 0 Å². The molecule has 0 bridgehead atoms. The molecule has 2 aliphatic rings. The van der Waals surface area contributed by atoms with Gasteiger partial charge < -0.3 is 24.4 Å². The molecule has 0 spiro atoms. The van der Waals surface area contributed by atoms with Gasteiger partial charge in [-0.3, -0.25) is 4.79 Å². The van der Waals surface area contributed by atoms with Gasteiger partial charge >= 0.3 is 5.97 Å². The van der Waals surface area contributed by atoms with E-state index >= 15 is 4.39 Å². The van der Waals surface area contributed by atoms with Crippen LogP contribution in [0.4, 0.5) is 15.9 Å². The van der Waals surface area contributed by atoms with Crippen LogP contribution in [0.1, 0.15) is 33.6 Å². The number of pyridine rings is 2. The van der Waals surface area contributed by atoms with Crippen molar-refractivity contribution in [2.24, 2.45) is 17.8 Å². The zero-order chi connectivity index (χ0) is 25.3. The maximum atomic E-state index is 15.1. The second-order valence-electron chi connectivity index (χ2n) is 9.68. The minimum atomic E-state index is -0.895. The highest BCUT2D eigenvalue weighted by molar-refractivity contribution is 6.33. The standard InChI is InChI=1S/C25H32ClFN4O4/c1-14-13-31(20(16(14)3)9-24(32)33)25-19(27)7-17(10-29-25)35-22-5-6-30(12-15(22)2)21-8-23(34-4)28-11-18(21)26/h7-8,10-11,14-16,20,22H,5-6,9,12-13H2,1-4H3,(H,32,33)/t14-,15?,16+,20-,22?/m0/s1. The van der Waals surface area contributed by atoms with Gasteiger partial charge in [-0.05, 0) is 11.8 Å². The highest BCUT2D eigenvalue weighted by atomic mass is 35.5. The van der Waals surface area contributed by atoms with Crippen LogP contribution in [-0.4, -0.2) is 59.9 Å². The molecule has 10 heteroatoms. The molecule has 1 N–H and O–H groups in total. The van der Waals surface area contributed by atoms with Gasteiger partial charge in [-0.1, -0.05) is 32.4 Å². The molecule has 8 nitrogen and oxygen atoms in total. The monoisotopic (exact) mass is 506 g/mol. The smallest absolute Gasteiger partial charge is 0.305 e. The number of carboxylic acids is 1. The van der Waals surface area contributed by atoms with Crippen molar-refractivity contribution in [2.75, 3.05) is 36.5 Å². The van der Waals surface area contributed by atoms with Crippen molar-refractivity contribution in [3.05, 3.63) is 35.4 Å². The second kappa shape index (κ2) is 10.4. The minimum Gasteiger partial charge on any atom is -0.488 e. The van der Waals surface area contributed by atoms with E-state index in [1.807, 2.05) is 13.0 Å². The zero-order valence-electron chi connectivity index (χ0n) is 20.4. The Labute approximate surface area is 210 Å². The third kappa shape index (κ3) is 5.39. The maximum Gasteiger partial charge on any atom is 0.305 e. The number of carboxylic acid groups (broad SMARTS) is 1. The molecule has 2 unspecified atom stereocenters. The lowest BCUT2D eigenvalue weighted by Gasteiger charge is -2.38. The Kier molecular flexibility index (Phi) is 7.54. The van der Waals surface area contributed by atoms with E-state index in [9.17, 15) is 9.90 Å². The van der Waals surface area contributed by atoms with E-state index in [4.69, 9.17) is 21.1 Å². The Balaban J connectivity index is 1.43. The summed E-state index contributed by atoms with van der Waals surface area (Å²) in [6.45, 7) is 8.16. The first-order valence-corrected chi connectivity index (χ1v) is 12.3. The molecule has 190 valence electrons. The summed E-state index contributed by atoms with van der Waals surface area (Å²) in [6, 6.07) is 2.89. The van der Waals surface area contributed by atoms with Crippen LogP contribution in [0.15, 0.2) is 24.5 Å². The summed E-state index contributed by atoms with van der Waals surface area (Å²) in [6.07, 6.45) is 3.70. The lowest BCUT2D eigenvalue weighted by atomic mass is 9.92. The Morgan fingerprint density at radius 2 is 1.97 bits per heavy atom. The van der Waals surface area contributed by atoms with Crippen LogP contribution >= 0.6 is 11.6 Å². The number of aromatic nitrogens is 2. The van der Waals surface area contributed by atoms with E-state index in [1.165, 1.54) is 12.3 Å². The first-order valence-electron chi connectivity index (χ1n) is 11.9. The van der Waals surface area contributed by atoms with Gasteiger partial charge in [0.25, 0.3) is 0 Å². The first kappa shape index (κ1) is 25.3. The molecular formula is C25H32ClFN4O4. The molecule has 0 aliphatic carbocycles. The molecule has 4 rings (SSSR count). The quantitative estimate of drug-likeness (QED) is 0.587. The predicted octanol–water partition coefficient (Wildman–Crippen LogP) is 4.51. The van der Waals surface area contributed by atoms with Crippen LogP contribution in [0.5, 0.6) is 11.6 Å². The lowest BCUT2D eigenvalue weighted by molar-refractivity contribution is -0.137. The van der Waals surface area contributed by atoms with E-state index in [1.54, 1.807) is 18.2 Å². The Bertz CT molecular complexity index is 1070. The van der Waals surface area contributed by atoms with Crippen molar-refractivity contribution in [1.29, 1.82) is 0 Å². The first-order chi connectivity index (χ1) is 16.7. The van der Waals surface area contributed by atoms with Crippen molar-refractivity contribution in [3.63, 3.8) is 0 Å². The third-order valence-corrected chi connectivity index (χ3v) is 7.61. The van der Waals surface area contributed by atoms with Crippen LogP contribution in [0.25, 0.3) is 0 Å². The van der Waals surface area contributed by atoms with Crippen LogP contribution in [0.2, 0.25) is 5.02 Å². The number of hydrogen-bond donors (Lipinski definition) is 1. The molecular weight excluding hydrogens is 475 g/mol. The number of aliphatic carboxylic acids is 1. The lowest BCUT2D eigenvalue weighted by Crippen LogP contribution is -2.44. The number of halogens is 2. The van der Waals surface area contributed by atoms with E-state index in [0.717, 1.165) is 18.7 Å². The van der Waals surface area contributed by atoms with Crippen LogP contribution in [0.3, 0.4) is 0 Å². The number of piperidine rings is 1. The molecule has 2 saturated heterocycles. The van der Waals surface area contributed by atoms with Gasteiger partial charge in [0.15, 0.2) is 11.6 Å². The van der Waals surface area contributed by atoms with E-state index in [-0.39, 0.29) is 42.1 Å². The summed E-state index contributed by atoms with van der Waals surface area (Å²) in [5.74, 6) is 0.193. The fourth-order valence-corrected chi connectivity index (χ4v) is 5.36. The van der Waals surface area contributed by atoms with Gasteiger partial charge in [-0.15, -0.1) is 0 Å². The highest BCUT2D eigenvalue weighted by Gasteiger charge is 2.39. The number of ether oxygens (including phenoxy) is 2. The number of hydrogen-bond acceptors (Lipinski definition) is 7. The van der Waals surface area contributed by atoms with Crippen LogP contribution in [0, 0.1) is 23.6 Å². The molecule has 2 aromatic rings. The molecule has 0 saturated carbocycles.